The van der Waals surface area contributed by atoms with Crippen molar-refractivity contribution in [2.75, 3.05) is 7.05 Å². The number of likely N-dealkylation sites (N-methyl/N-ethyl adjacent to an activating group) is 1. The van der Waals surface area contributed by atoms with Crippen LogP contribution in [0.3, 0.4) is 0 Å². The molecule has 0 bridgehead atoms. The van der Waals surface area contributed by atoms with Crippen molar-refractivity contribution >= 4 is 35.0 Å². The number of hydrogen-bond acceptors (Lipinski definition) is 2. The monoisotopic (exact) mass is 330 g/mol. The SMILES string of the molecule is CCCC(=O)N(Cc1c(Cl)cccc1Cl)[C@@H](C)C(=O)NC. The summed E-state index contributed by atoms with van der Waals surface area (Å²) in [5.74, 6) is -0.313. The van der Waals surface area contributed by atoms with Crippen molar-refractivity contribution in [3.8, 4) is 0 Å². The molecule has 1 rings (SSSR count). The number of hydrogen-bond donors (Lipinski definition) is 1. The molecule has 0 radical (unpaired) electrons. The molecule has 1 atom stereocenters. The van der Waals surface area contributed by atoms with Gasteiger partial charge in [-0.25, -0.2) is 0 Å². The Balaban J connectivity index is 3.07. The van der Waals surface area contributed by atoms with Crippen molar-refractivity contribution < 1.29 is 9.59 Å². The van der Waals surface area contributed by atoms with Crippen LogP contribution in [0.1, 0.15) is 32.3 Å². The predicted octanol–water partition coefficient (Wildman–Crippen LogP) is 3.26. The maximum Gasteiger partial charge on any atom is 0.242 e. The fourth-order valence-corrected chi connectivity index (χ4v) is 2.52. The molecule has 0 unspecified atom stereocenters. The lowest BCUT2D eigenvalue weighted by molar-refractivity contribution is -0.140. The number of carbonyl (C=O) groups is 2. The molecule has 0 aliphatic heterocycles. The summed E-state index contributed by atoms with van der Waals surface area (Å²) in [5.41, 5.74) is 0.654. The first kappa shape index (κ1) is 17.8. The van der Waals surface area contributed by atoms with Gasteiger partial charge >= 0.3 is 0 Å². The lowest BCUT2D eigenvalue weighted by Crippen LogP contribution is -2.46. The second-order valence-electron chi connectivity index (χ2n) is 4.76. The molecule has 0 spiro atoms. The molecule has 0 saturated heterocycles. The molecule has 21 heavy (non-hydrogen) atoms. The van der Waals surface area contributed by atoms with Crippen LogP contribution in [-0.4, -0.2) is 29.8 Å². The van der Waals surface area contributed by atoms with Crippen LogP contribution in [0.5, 0.6) is 0 Å². The van der Waals surface area contributed by atoms with Crippen LogP contribution in [0.15, 0.2) is 18.2 Å². The van der Waals surface area contributed by atoms with Gasteiger partial charge in [-0.3, -0.25) is 9.59 Å². The third-order valence-corrected chi connectivity index (χ3v) is 3.98. The number of halogens is 2. The van der Waals surface area contributed by atoms with Crippen LogP contribution in [0.25, 0.3) is 0 Å². The standard InChI is InChI=1S/C15H20Cl2N2O2/c1-4-6-14(20)19(10(2)15(21)18-3)9-11-12(16)7-5-8-13(11)17/h5,7-8,10H,4,6,9H2,1-3H3,(H,18,21)/t10-/m0/s1. The van der Waals surface area contributed by atoms with Crippen LogP contribution >= 0.6 is 23.2 Å². The van der Waals surface area contributed by atoms with E-state index in [1.165, 1.54) is 4.90 Å². The van der Waals surface area contributed by atoms with E-state index in [0.717, 1.165) is 0 Å². The largest absolute Gasteiger partial charge is 0.357 e. The van der Waals surface area contributed by atoms with Gasteiger partial charge in [0.25, 0.3) is 0 Å². The molecule has 4 nitrogen and oxygen atoms in total. The van der Waals surface area contributed by atoms with Crippen LogP contribution in [0.2, 0.25) is 10.0 Å². The number of amides is 2. The Labute approximate surface area is 135 Å². The normalized spacial score (nSPS) is 11.9. The van der Waals surface area contributed by atoms with E-state index in [-0.39, 0.29) is 18.4 Å². The number of carbonyl (C=O) groups excluding carboxylic acids is 2. The molecule has 0 aromatic heterocycles. The van der Waals surface area contributed by atoms with E-state index in [0.29, 0.717) is 28.5 Å². The van der Waals surface area contributed by atoms with Crippen molar-refractivity contribution in [1.29, 1.82) is 0 Å². The fraction of sp³-hybridized carbons (Fsp3) is 0.467. The first-order chi connectivity index (χ1) is 9.92. The summed E-state index contributed by atoms with van der Waals surface area (Å²) in [6, 6.07) is 4.60. The molecule has 0 heterocycles. The highest BCUT2D eigenvalue weighted by atomic mass is 35.5. The first-order valence-corrected chi connectivity index (χ1v) is 7.61. The highest BCUT2D eigenvalue weighted by molar-refractivity contribution is 6.36. The number of nitrogens with zero attached hydrogens (tertiary/aromatic N) is 1. The molecule has 0 aliphatic carbocycles. The highest BCUT2D eigenvalue weighted by Crippen LogP contribution is 2.26. The summed E-state index contributed by atoms with van der Waals surface area (Å²) in [4.78, 5) is 25.7. The van der Waals surface area contributed by atoms with Gasteiger partial charge in [0.2, 0.25) is 11.8 Å². The molecule has 116 valence electrons. The average Bonchev–Trinajstić information content (AvgIpc) is 2.45. The summed E-state index contributed by atoms with van der Waals surface area (Å²) in [5, 5.41) is 3.53. The molecule has 1 N–H and O–H groups in total. The molecule has 0 saturated carbocycles. The zero-order valence-electron chi connectivity index (χ0n) is 12.5. The summed E-state index contributed by atoms with van der Waals surface area (Å²) < 4.78 is 0. The Morgan fingerprint density at radius 2 is 1.86 bits per heavy atom. The number of nitrogens with one attached hydrogen (secondary N) is 1. The molecular weight excluding hydrogens is 311 g/mol. The van der Waals surface area contributed by atoms with Gasteiger partial charge in [0.15, 0.2) is 0 Å². The smallest absolute Gasteiger partial charge is 0.242 e. The van der Waals surface area contributed by atoms with Crippen LogP contribution in [0, 0.1) is 0 Å². The van der Waals surface area contributed by atoms with Gasteiger partial charge in [0.05, 0.1) is 0 Å². The minimum absolute atomic E-state index is 0.0930. The Morgan fingerprint density at radius 3 is 2.33 bits per heavy atom. The average molecular weight is 331 g/mol. The van der Waals surface area contributed by atoms with Crippen LogP contribution in [0.4, 0.5) is 0 Å². The van der Waals surface area contributed by atoms with Crippen LogP contribution < -0.4 is 5.32 Å². The number of benzene rings is 1. The van der Waals surface area contributed by atoms with Crippen LogP contribution in [-0.2, 0) is 16.1 Å². The van der Waals surface area contributed by atoms with Crippen molar-refractivity contribution in [1.82, 2.24) is 10.2 Å². The summed E-state index contributed by atoms with van der Waals surface area (Å²) in [6.45, 7) is 3.83. The second kappa shape index (κ2) is 8.25. The third-order valence-electron chi connectivity index (χ3n) is 3.27. The van der Waals surface area contributed by atoms with E-state index in [2.05, 4.69) is 5.32 Å². The summed E-state index contributed by atoms with van der Waals surface area (Å²) in [7, 11) is 1.55. The zero-order valence-corrected chi connectivity index (χ0v) is 14.0. The van der Waals surface area contributed by atoms with E-state index < -0.39 is 6.04 Å². The van der Waals surface area contributed by atoms with Crippen molar-refractivity contribution in [3.05, 3.63) is 33.8 Å². The lowest BCUT2D eigenvalue weighted by atomic mass is 10.1. The maximum absolute atomic E-state index is 12.3. The van der Waals surface area contributed by atoms with E-state index in [1.807, 2.05) is 6.92 Å². The molecule has 1 aromatic rings. The molecular formula is C15H20Cl2N2O2. The second-order valence-corrected chi connectivity index (χ2v) is 5.58. The molecule has 2 amide bonds. The quantitative estimate of drug-likeness (QED) is 0.870. The highest BCUT2D eigenvalue weighted by Gasteiger charge is 2.26. The Kier molecular flexibility index (Phi) is 6.99. The first-order valence-electron chi connectivity index (χ1n) is 6.86. The zero-order chi connectivity index (χ0) is 16.0. The van der Waals surface area contributed by atoms with E-state index in [1.54, 1.807) is 32.2 Å². The van der Waals surface area contributed by atoms with E-state index in [9.17, 15) is 9.59 Å². The maximum atomic E-state index is 12.3. The Morgan fingerprint density at radius 1 is 1.29 bits per heavy atom. The van der Waals surface area contributed by atoms with Crippen molar-refractivity contribution in [3.63, 3.8) is 0 Å². The van der Waals surface area contributed by atoms with Gasteiger partial charge in [0.1, 0.15) is 6.04 Å². The van der Waals surface area contributed by atoms with Gasteiger partial charge in [-0.15, -0.1) is 0 Å². The molecule has 0 aliphatic rings. The minimum atomic E-state index is -0.582. The third kappa shape index (κ3) is 4.61. The van der Waals surface area contributed by atoms with Gasteiger partial charge in [0, 0.05) is 35.6 Å². The molecule has 1 aromatic carbocycles. The van der Waals surface area contributed by atoms with E-state index >= 15 is 0 Å². The minimum Gasteiger partial charge on any atom is -0.357 e. The van der Waals surface area contributed by atoms with Gasteiger partial charge in [-0.1, -0.05) is 36.2 Å². The Bertz CT molecular complexity index is 500. The van der Waals surface area contributed by atoms with Gasteiger partial charge in [-0.2, -0.15) is 0 Å². The predicted molar refractivity (Wildman–Crippen MR) is 85.4 cm³/mol. The topological polar surface area (TPSA) is 49.4 Å². The van der Waals surface area contributed by atoms with Crippen molar-refractivity contribution in [2.45, 2.75) is 39.3 Å². The van der Waals surface area contributed by atoms with Gasteiger partial charge < -0.3 is 10.2 Å². The summed E-state index contributed by atoms with van der Waals surface area (Å²) in [6.07, 6.45) is 1.09. The molecule has 0 fully saturated rings. The van der Waals surface area contributed by atoms with E-state index in [4.69, 9.17) is 23.2 Å². The van der Waals surface area contributed by atoms with Gasteiger partial charge in [-0.05, 0) is 25.5 Å². The van der Waals surface area contributed by atoms with Crippen molar-refractivity contribution in [2.24, 2.45) is 0 Å². The Hall–Kier alpha value is -1.26. The summed E-state index contributed by atoms with van der Waals surface area (Å²) >= 11 is 12.3. The lowest BCUT2D eigenvalue weighted by Gasteiger charge is -2.29. The molecule has 6 heteroatoms. The fourth-order valence-electron chi connectivity index (χ4n) is 2.00. The number of rotatable bonds is 6.